The third-order valence-corrected chi connectivity index (χ3v) is 4.34. The molecule has 1 fully saturated rings. The van der Waals surface area contributed by atoms with Crippen molar-refractivity contribution in [2.45, 2.75) is 58.5 Å². The number of aliphatic hydroxyl groups is 1. The summed E-state index contributed by atoms with van der Waals surface area (Å²) in [4.78, 5) is 12.2. The predicted molar refractivity (Wildman–Crippen MR) is 75.4 cm³/mol. The van der Waals surface area contributed by atoms with E-state index < -0.39 is 6.10 Å². The fraction of sp³-hybridized carbons (Fsp3) is 0.733. The van der Waals surface area contributed by atoms with Crippen molar-refractivity contribution in [2.24, 2.45) is 5.92 Å². The first-order valence-corrected chi connectivity index (χ1v) is 7.39. The van der Waals surface area contributed by atoms with E-state index in [4.69, 9.17) is 4.52 Å². The third kappa shape index (κ3) is 3.20. The lowest BCUT2D eigenvalue weighted by molar-refractivity contribution is -0.122. The van der Waals surface area contributed by atoms with Crippen LogP contribution >= 0.6 is 0 Å². The van der Waals surface area contributed by atoms with Gasteiger partial charge in [-0.15, -0.1) is 0 Å². The van der Waals surface area contributed by atoms with Crippen molar-refractivity contribution in [3.05, 3.63) is 17.0 Å². The minimum Gasteiger partial charge on any atom is -0.391 e. The highest BCUT2D eigenvalue weighted by molar-refractivity contribution is 5.83. The zero-order valence-corrected chi connectivity index (χ0v) is 12.5. The maximum atomic E-state index is 12.2. The Morgan fingerprint density at radius 2 is 2.10 bits per heavy atom. The van der Waals surface area contributed by atoms with Crippen LogP contribution in [0.3, 0.4) is 0 Å². The van der Waals surface area contributed by atoms with Gasteiger partial charge in [-0.2, -0.15) is 0 Å². The second-order valence-electron chi connectivity index (χ2n) is 5.82. The van der Waals surface area contributed by atoms with Crippen molar-refractivity contribution in [1.82, 2.24) is 10.5 Å². The Morgan fingerprint density at radius 1 is 1.45 bits per heavy atom. The molecule has 2 rings (SSSR count). The Bertz CT molecular complexity index is 444. The van der Waals surface area contributed by atoms with Crippen molar-refractivity contribution < 1.29 is 14.4 Å². The standard InChI is InChI=1S/C15H24N2O3/c1-9(14-10(2)17-20-11(14)3)15(19)16-8-13(18)12-6-4-5-7-12/h9,12-13,18H,4-8H2,1-3H3,(H,16,19). The molecule has 1 aliphatic carbocycles. The van der Waals surface area contributed by atoms with E-state index in [-0.39, 0.29) is 11.8 Å². The van der Waals surface area contributed by atoms with E-state index in [1.807, 2.05) is 20.8 Å². The maximum Gasteiger partial charge on any atom is 0.227 e. The van der Waals surface area contributed by atoms with Gasteiger partial charge < -0.3 is 14.9 Å². The highest BCUT2D eigenvalue weighted by Crippen LogP contribution is 2.27. The first-order valence-electron chi connectivity index (χ1n) is 7.39. The van der Waals surface area contributed by atoms with Crippen molar-refractivity contribution >= 4 is 5.91 Å². The molecule has 2 N–H and O–H groups in total. The third-order valence-electron chi connectivity index (χ3n) is 4.34. The van der Waals surface area contributed by atoms with Crippen LogP contribution in [0.2, 0.25) is 0 Å². The maximum absolute atomic E-state index is 12.2. The molecule has 5 nitrogen and oxygen atoms in total. The van der Waals surface area contributed by atoms with E-state index in [0.717, 1.165) is 24.1 Å². The number of aliphatic hydroxyl groups excluding tert-OH is 1. The molecule has 1 aromatic heterocycles. The SMILES string of the molecule is Cc1noc(C)c1C(C)C(=O)NCC(O)C1CCCC1. The van der Waals surface area contributed by atoms with Crippen molar-refractivity contribution in [2.75, 3.05) is 6.54 Å². The number of aromatic nitrogens is 1. The number of aryl methyl sites for hydroxylation is 2. The van der Waals surface area contributed by atoms with E-state index in [1.54, 1.807) is 0 Å². The van der Waals surface area contributed by atoms with Crippen LogP contribution in [0.15, 0.2) is 4.52 Å². The van der Waals surface area contributed by atoms with Gasteiger partial charge in [0.15, 0.2) is 0 Å². The normalized spacial score (nSPS) is 19.0. The molecule has 1 heterocycles. The highest BCUT2D eigenvalue weighted by Gasteiger charge is 2.26. The van der Waals surface area contributed by atoms with Gasteiger partial charge in [0, 0.05) is 12.1 Å². The van der Waals surface area contributed by atoms with Crippen LogP contribution in [-0.2, 0) is 4.79 Å². The largest absolute Gasteiger partial charge is 0.391 e. The number of carbonyl (C=O) groups excluding carboxylic acids is 1. The van der Waals surface area contributed by atoms with Gasteiger partial charge in [-0.25, -0.2) is 0 Å². The van der Waals surface area contributed by atoms with Crippen molar-refractivity contribution in [1.29, 1.82) is 0 Å². The second-order valence-corrected chi connectivity index (χ2v) is 5.82. The first-order chi connectivity index (χ1) is 9.50. The average molecular weight is 280 g/mol. The molecule has 1 amide bonds. The molecule has 0 radical (unpaired) electrons. The lowest BCUT2D eigenvalue weighted by Gasteiger charge is -2.19. The van der Waals surface area contributed by atoms with Gasteiger partial charge >= 0.3 is 0 Å². The number of carbonyl (C=O) groups is 1. The van der Waals surface area contributed by atoms with Crippen LogP contribution < -0.4 is 5.32 Å². The predicted octanol–water partition coefficient (Wildman–Crippen LogP) is 2.06. The molecule has 5 heteroatoms. The average Bonchev–Trinajstić information content (AvgIpc) is 3.05. The molecular weight excluding hydrogens is 256 g/mol. The summed E-state index contributed by atoms with van der Waals surface area (Å²) in [6.45, 7) is 5.82. The number of nitrogens with zero attached hydrogens (tertiary/aromatic N) is 1. The van der Waals surface area contributed by atoms with Gasteiger partial charge in [0.05, 0.1) is 17.7 Å². The molecule has 0 aliphatic heterocycles. The zero-order valence-electron chi connectivity index (χ0n) is 12.5. The fourth-order valence-electron chi connectivity index (χ4n) is 3.11. The molecule has 1 aromatic rings. The summed E-state index contributed by atoms with van der Waals surface area (Å²) in [5.74, 6) is 0.625. The van der Waals surface area contributed by atoms with Crippen LogP contribution in [-0.4, -0.2) is 28.8 Å². The molecule has 1 aliphatic rings. The molecule has 2 unspecified atom stereocenters. The molecule has 112 valence electrons. The minimum absolute atomic E-state index is 0.0866. The number of amides is 1. The summed E-state index contributed by atoms with van der Waals surface area (Å²) in [6.07, 6.45) is 4.07. The summed E-state index contributed by atoms with van der Waals surface area (Å²) < 4.78 is 5.09. The van der Waals surface area contributed by atoms with Gasteiger partial charge in [-0.1, -0.05) is 18.0 Å². The summed E-state index contributed by atoms with van der Waals surface area (Å²) >= 11 is 0. The van der Waals surface area contributed by atoms with E-state index >= 15 is 0 Å². The molecule has 1 saturated carbocycles. The first kappa shape index (κ1) is 15.0. The number of nitrogens with one attached hydrogen (secondary N) is 1. The van der Waals surface area contributed by atoms with Gasteiger partial charge in [0.1, 0.15) is 5.76 Å². The summed E-state index contributed by atoms with van der Waals surface area (Å²) in [5, 5.41) is 16.8. The zero-order chi connectivity index (χ0) is 14.7. The topological polar surface area (TPSA) is 75.4 Å². The van der Waals surface area contributed by atoms with E-state index in [2.05, 4.69) is 10.5 Å². The van der Waals surface area contributed by atoms with Crippen molar-refractivity contribution in [3.63, 3.8) is 0 Å². The number of hydrogen-bond acceptors (Lipinski definition) is 4. The van der Waals surface area contributed by atoms with Crippen LogP contribution in [0, 0.1) is 19.8 Å². The molecule has 0 bridgehead atoms. The summed E-state index contributed by atoms with van der Waals surface area (Å²) in [6, 6.07) is 0. The Balaban J connectivity index is 1.88. The fourth-order valence-corrected chi connectivity index (χ4v) is 3.11. The Labute approximate surface area is 119 Å². The van der Waals surface area contributed by atoms with E-state index in [1.165, 1.54) is 12.8 Å². The molecule has 0 spiro atoms. The van der Waals surface area contributed by atoms with Gasteiger partial charge in [0.2, 0.25) is 5.91 Å². The lowest BCUT2D eigenvalue weighted by Crippen LogP contribution is -2.37. The van der Waals surface area contributed by atoms with Crippen LogP contribution in [0.1, 0.15) is 55.5 Å². The monoisotopic (exact) mass is 280 g/mol. The van der Waals surface area contributed by atoms with E-state index in [9.17, 15) is 9.90 Å². The Kier molecular flexibility index (Phi) is 4.81. The number of hydrogen-bond donors (Lipinski definition) is 2. The molecule has 20 heavy (non-hydrogen) atoms. The van der Waals surface area contributed by atoms with Crippen LogP contribution in [0.25, 0.3) is 0 Å². The number of rotatable bonds is 5. The smallest absolute Gasteiger partial charge is 0.227 e. The quantitative estimate of drug-likeness (QED) is 0.865. The van der Waals surface area contributed by atoms with Crippen LogP contribution in [0.4, 0.5) is 0 Å². The minimum atomic E-state index is -0.432. The molecule has 0 aromatic carbocycles. The summed E-state index contributed by atoms with van der Waals surface area (Å²) in [5.41, 5.74) is 1.60. The van der Waals surface area contributed by atoms with Crippen LogP contribution in [0.5, 0.6) is 0 Å². The lowest BCUT2D eigenvalue weighted by atomic mass is 9.97. The molecule has 2 atom stereocenters. The second kappa shape index (κ2) is 6.39. The van der Waals surface area contributed by atoms with Gasteiger partial charge in [-0.05, 0) is 39.5 Å². The molecule has 0 saturated heterocycles. The van der Waals surface area contributed by atoms with E-state index in [0.29, 0.717) is 18.2 Å². The Morgan fingerprint density at radius 3 is 2.65 bits per heavy atom. The van der Waals surface area contributed by atoms with Gasteiger partial charge in [0.25, 0.3) is 0 Å². The molecular formula is C15H24N2O3. The summed E-state index contributed by atoms with van der Waals surface area (Å²) in [7, 11) is 0. The Hall–Kier alpha value is -1.36. The highest BCUT2D eigenvalue weighted by atomic mass is 16.5. The van der Waals surface area contributed by atoms with Crippen molar-refractivity contribution in [3.8, 4) is 0 Å². The van der Waals surface area contributed by atoms with Gasteiger partial charge in [-0.3, -0.25) is 4.79 Å².